The highest BCUT2D eigenvalue weighted by atomic mass is 16.7. The Kier molecular flexibility index (Phi) is 8.96. The van der Waals surface area contributed by atoms with Crippen LogP contribution >= 0.6 is 0 Å². The van der Waals surface area contributed by atoms with Crippen LogP contribution in [0.15, 0.2) is 60.7 Å². The van der Waals surface area contributed by atoms with Crippen LogP contribution in [0.3, 0.4) is 0 Å². The number of rotatable bonds is 12. The molecule has 0 saturated heterocycles. The topological polar surface area (TPSA) is 70.7 Å². The maximum Gasteiger partial charge on any atom is 0.331 e. The van der Waals surface area contributed by atoms with Crippen molar-refractivity contribution in [2.24, 2.45) is 0 Å². The first kappa shape index (κ1) is 24.9. The van der Waals surface area contributed by atoms with Crippen molar-refractivity contribution in [3.8, 4) is 0 Å². The van der Waals surface area contributed by atoms with E-state index in [-0.39, 0.29) is 18.2 Å². The van der Waals surface area contributed by atoms with Crippen molar-refractivity contribution in [3.63, 3.8) is 0 Å². The van der Waals surface area contributed by atoms with Gasteiger partial charge < -0.3 is 18.9 Å². The van der Waals surface area contributed by atoms with Crippen LogP contribution in [-0.4, -0.2) is 44.5 Å². The van der Waals surface area contributed by atoms with Crippen LogP contribution < -0.4 is 10.1 Å². The summed E-state index contributed by atoms with van der Waals surface area (Å²) >= 11 is 0. The molecule has 178 valence electrons. The van der Waals surface area contributed by atoms with Crippen LogP contribution in [0.25, 0.3) is 0 Å². The molecule has 0 spiro atoms. The summed E-state index contributed by atoms with van der Waals surface area (Å²) in [5.74, 6) is 1.58. The van der Waals surface area contributed by atoms with E-state index in [0.29, 0.717) is 6.54 Å². The standard InChI is InChI=1S/C25H35N4O4/c1-18(30-3)23-27-28(17-20-13-9-7-10-14-20)24(19(2)31-4)29(23)26-22(25(32-5)33-6)21-15-11-8-12-16-21/h7-16,18-19,22,25-26H,17H2,1-6H3/q+1/t18-,19-,22?/m0/s1. The molecule has 0 amide bonds. The average Bonchev–Trinajstić information content (AvgIpc) is 3.21. The number of aromatic nitrogens is 3. The number of hydrogen-bond acceptors (Lipinski definition) is 6. The molecule has 1 heterocycles. The summed E-state index contributed by atoms with van der Waals surface area (Å²) in [6.45, 7) is 4.56. The van der Waals surface area contributed by atoms with E-state index in [2.05, 4.69) is 17.6 Å². The minimum atomic E-state index is -0.534. The minimum Gasteiger partial charge on any atom is -0.371 e. The number of hydrogen-bond donors (Lipinski definition) is 1. The maximum atomic E-state index is 5.76. The molecule has 3 atom stereocenters. The van der Waals surface area contributed by atoms with E-state index in [1.807, 2.05) is 71.7 Å². The van der Waals surface area contributed by atoms with E-state index >= 15 is 0 Å². The highest BCUT2D eigenvalue weighted by Crippen LogP contribution is 2.25. The molecule has 0 aliphatic rings. The number of ether oxygens (including phenoxy) is 4. The lowest BCUT2D eigenvalue weighted by Crippen LogP contribution is -2.44. The molecule has 0 radical (unpaired) electrons. The Labute approximate surface area is 196 Å². The summed E-state index contributed by atoms with van der Waals surface area (Å²) < 4.78 is 26.6. The van der Waals surface area contributed by atoms with Crippen molar-refractivity contribution in [1.82, 2.24) is 9.77 Å². The molecule has 33 heavy (non-hydrogen) atoms. The predicted octanol–water partition coefficient (Wildman–Crippen LogP) is 3.54. The van der Waals surface area contributed by atoms with Gasteiger partial charge in [-0.2, -0.15) is 0 Å². The van der Waals surface area contributed by atoms with Gasteiger partial charge in [-0.1, -0.05) is 60.7 Å². The van der Waals surface area contributed by atoms with Gasteiger partial charge in [0, 0.05) is 28.4 Å². The number of benzene rings is 2. The van der Waals surface area contributed by atoms with Gasteiger partial charge in [0.25, 0.3) is 5.82 Å². The second-order valence-electron chi connectivity index (χ2n) is 7.81. The third-order valence-corrected chi connectivity index (χ3v) is 5.72. The molecule has 8 heteroatoms. The zero-order valence-electron chi connectivity index (χ0n) is 20.3. The highest BCUT2D eigenvalue weighted by molar-refractivity contribution is 5.23. The third kappa shape index (κ3) is 5.78. The molecule has 1 N–H and O–H groups in total. The van der Waals surface area contributed by atoms with E-state index < -0.39 is 6.29 Å². The van der Waals surface area contributed by atoms with Crippen LogP contribution in [0.1, 0.15) is 54.9 Å². The molecule has 2 aromatic carbocycles. The zero-order valence-corrected chi connectivity index (χ0v) is 20.3. The Morgan fingerprint density at radius 1 is 0.818 bits per heavy atom. The summed E-state index contributed by atoms with van der Waals surface area (Å²) in [5, 5.41) is 4.93. The molecule has 0 bridgehead atoms. The van der Waals surface area contributed by atoms with Gasteiger partial charge in [-0.25, -0.2) is 5.43 Å². The molecule has 1 unspecified atom stereocenters. The highest BCUT2D eigenvalue weighted by Gasteiger charge is 2.36. The predicted molar refractivity (Wildman–Crippen MR) is 125 cm³/mol. The van der Waals surface area contributed by atoms with Crippen molar-refractivity contribution < 1.29 is 23.6 Å². The molecule has 8 nitrogen and oxygen atoms in total. The number of nitrogens with one attached hydrogen (secondary N) is 1. The second-order valence-corrected chi connectivity index (χ2v) is 7.81. The Bertz CT molecular complexity index is 977. The van der Waals surface area contributed by atoms with Crippen molar-refractivity contribution in [3.05, 3.63) is 83.4 Å². The lowest BCUT2D eigenvalue weighted by atomic mass is 10.1. The first-order chi connectivity index (χ1) is 16.0. The van der Waals surface area contributed by atoms with Gasteiger partial charge in [-0.3, -0.25) is 0 Å². The van der Waals surface area contributed by atoms with Crippen LogP contribution in [0, 0.1) is 0 Å². The largest absolute Gasteiger partial charge is 0.371 e. The molecule has 0 aliphatic heterocycles. The quantitative estimate of drug-likeness (QED) is 0.333. The van der Waals surface area contributed by atoms with E-state index in [4.69, 9.17) is 24.0 Å². The molecule has 0 saturated carbocycles. The maximum absolute atomic E-state index is 5.76. The second kappa shape index (κ2) is 11.9. The fourth-order valence-electron chi connectivity index (χ4n) is 3.78. The van der Waals surface area contributed by atoms with Crippen LogP contribution in [0.4, 0.5) is 0 Å². The molecule has 0 fully saturated rings. The number of methoxy groups -OCH3 is 4. The fraction of sp³-hybridized carbons (Fsp3) is 0.440. The Morgan fingerprint density at radius 3 is 1.94 bits per heavy atom. The molecular formula is C25H35N4O4+. The molecule has 1 aromatic heterocycles. The summed E-state index contributed by atoms with van der Waals surface area (Å²) in [6, 6.07) is 20.0. The summed E-state index contributed by atoms with van der Waals surface area (Å²) in [6.07, 6.45) is -1.04. The van der Waals surface area contributed by atoms with E-state index in [0.717, 1.165) is 22.8 Å². The van der Waals surface area contributed by atoms with Crippen LogP contribution in [-0.2, 0) is 25.5 Å². The van der Waals surface area contributed by atoms with E-state index in [1.165, 1.54) is 0 Å². The molecule has 0 aliphatic carbocycles. The van der Waals surface area contributed by atoms with Gasteiger partial charge >= 0.3 is 5.82 Å². The molecular weight excluding hydrogens is 420 g/mol. The SMILES string of the molecule is COC(OC)C(Nn1c([C@H](C)OC)n[n+](Cc2ccccc2)c1[C@H](C)OC)c1ccccc1. The van der Waals surface area contributed by atoms with Crippen molar-refractivity contribution in [1.29, 1.82) is 0 Å². The van der Waals surface area contributed by atoms with Gasteiger partial charge in [-0.05, 0) is 30.1 Å². The van der Waals surface area contributed by atoms with Gasteiger partial charge in [0.1, 0.15) is 18.7 Å². The average molecular weight is 456 g/mol. The summed E-state index contributed by atoms with van der Waals surface area (Å²) in [7, 11) is 6.63. The smallest absolute Gasteiger partial charge is 0.331 e. The van der Waals surface area contributed by atoms with E-state index in [9.17, 15) is 0 Å². The van der Waals surface area contributed by atoms with E-state index in [1.54, 1.807) is 28.4 Å². The summed E-state index contributed by atoms with van der Waals surface area (Å²) in [5.41, 5.74) is 5.75. The fourth-order valence-corrected chi connectivity index (χ4v) is 3.78. The van der Waals surface area contributed by atoms with Gasteiger partial charge in [-0.15, -0.1) is 9.36 Å². The van der Waals surface area contributed by atoms with Gasteiger partial charge in [0.05, 0.1) is 0 Å². The van der Waals surface area contributed by atoms with Gasteiger partial charge in [0.2, 0.25) is 0 Å². The monoisotopic (exact) mass is 455 g/mol. The third-order valence-electron chi connectivity index (χ3n) is 5.72. The Morgan fingerprint density at radius 2 is 1.39 bits per heavy atom. The molecule has 3 aromatic rings. The Balaban J connectivity index is 2.14. The summed E-state index contributed by atoms with van der Waals surface area (Å²) in [4.78, 5) is 0. The van der Waals surface area contributed by atoms with Crippen LogP contribution in [0.5, 0.6) is 0 Å². The van der Waals surface area contributed by atoms with Crippen molar-refractivity contribution in [2.45, 2.75) is 44.9 Å². The van der Waals surface area contributed by atoms with Crippen molar-refractivity contribution >= 4 is 0 Å². The minimum absolute atomic E-state index is 0.244. The first-order valence-corrected chi connectivity index (χ1v) is 11.0. The molecule has 3 rings (SSSR count). The number of nitrogens with zero attached hydrogens (tertiary/aromatic N) is 3. The van der Waals surface area contributed by atoms with Crippen molar-refractivity contribution in [2.75, 3.05) is 33.9 Å². The lowest BCUT2D eigenvalue weighted by molar-refractivity contribution is -0.754. The van der Waals surface area contributed by atoms with Gasteiger partial charge in [0.15, 0.2) is 12.4 Å². The zero-order chi connectivity index (χ0) is 23.8. The Hall–Kier alpha value is -2.78. The van der Waals surface area contributed by atoms with Crippen LogP contribution in [0.2, 0.25) is 0 Å². The lowest BCUT2D eigenvalue weighted by Gasteiger charge is -2.26. The normalized spacial score (nSPS) is 14.3. The first-order valence-electron chi connectivity index (χ1n) is 11.0.